The molecule has 1 heterocycles. The summed E-state index contributed by atoms with van der Waals surface area (Å²) >= 11 is 0. The smallest absolute Gasteiger partial charge is 0.295 e. The fraction of sp³-hybridized carbons (Fsp3) is 0.484. The summed E-state index contributed by atoms with van der Waals surface area (Å²) in [5.74, 6) is 0.198. The van der Waals surface area contributed by atoms with Gasteiger partial charge in [0, 0.05) is 17.7 Å². The van der Waals surface area contributed by atoms with Gasteiger partial charge in [-0.2, -0.15) is 0 Å². The molecular weight excluding hydrogens is 512 g/mol. The first kappa shape index (κ1) is 30.8. The Labute approximate surface area is 237 Å². The third-order valence-electron chi connectivity index (χ3n) is 6.91. The molecule has 1 amide bonds. The highest BCUT2D eigenvalue weighted by atomic mass is 16.5. The van der Waals surface area contributed by atoms with Crippen LogP contribution in [0.2, 0.25) is 0 Å². The number of aliphatic hydroxyl groups is 1. The molecule has 1 N–H and O–H groups in total. The average Bonchev–Trinajstić information content (AvgIpc) is 3.16. The van der Waals surface area contributed by atoms with Crippen molar-refractivity contribution in [1.29, 1.82) is 0 Å². The largest absolute Gasteiger partial charge is 0.507 e. The Morgan fingerprint density at radius 3 is 2.10 bits per heavy atom. The van der Waals surface area contributed by atoms with Gasteiger partial charge in [0.1, 0.15) is 11.5 Å². The lowest BCUT2D eigenvalue weighted by Gasteiger charge is -2.27. The van der Waals surface area contributed by atoms with Crippen LogP contribution in [0.3, 0.4) is 0 Å². The number of ether oxygens (including phenoxy) is 4. The second-order valence-corrected chi connectivity index (χ2v) is 11.0. The number of carbonyl (C=O) groups is 2. The third kappa shape index (κ3) is 6.20. The van der Waals surface area contributed by atoms with Crippen LogP contribution in [-0.4, -0.2) is 81.7 Å². The number of benzene rings is 2. The number of nitrogens with zero attached hydrogens (tertiary/aromatic N) is 2. The Hall–Kier alpha value is -3.72. The van der Waals surface area contributed by atoms with Crippen molar-refractivity contribution in [3.05, 3.63) is 52.6 Å². The molecule has 9 nitrogen and oxygen atoms in total. The van der Waals surface area contributed by atoms with E-state index in [-0.39, 0.29) is 16.7 Å². The van der Waals surface area contributed by atoms with Crippen LogP contribution in [0, 0.1) is 0 Å². The van der Waals surface area contributed by atoms with Crippen molar-refractivity contribution in [2.75, 3.05) is 55.1 Å². The van der Waals surface area contributed by atoms with Gasteiger partial charge in [0.2, 0.25) is 5.75 Å². The summed E-state index contributed by atoms with van der Waals surface area (Å²) in [5, 5.41) is 11.7. The Morgan fingerprint density at radius 1 is 0.975 bits per heavy atom. The molecular formula is C31H42N2O7. The molecule has 0 saturated carbocycles. The summed E-state index contributed by atoms with van der Waals surface area (Å²) in [6.45, 7) is 9.59. The van der Waals surface area contributed by atoms with Gasteiger partial charge in [0.15, 0.2) is 11.5 Å². The molecule has 9 heteroatoms. The summed E-state index contributed by atoms with van der Waals surface area (Å²) in [7, 11) is 8.41. The first-order valence-corrected chi connectivity index (χ1v) is 13.4. The van der Waals surface area contributed by atoms with Crippen LogP contribution >= 0.6 is 0 Å². The zero-order valence-electron chi connectivity index (χ0n) is 25.1. The first-order chi connectivity index (χ1) is 18.9. The maximum absolute atomic E-state index is 13.6. The van der Waals surface area contributed by atoms with Crippen LogP contribution in [0.4, 0.5) is 0 Å². The number of aliphatic hydroxyl groups excluding tert-OH is 1. The van der Waals surface area contributed by atoms with Crippen molar-refractivity contribution in [2.45, 2.75) is 45.6 Å². The van der Waals surface area contributed by atoms with E-state index in [1.807, 2.05) is 52.8 Å². The van der Waals surface area contributed by atoms with Gasteiger partial charge in [0.05, 0.1) is 39.6 Å². The van der Waals surface area contributed by atoms with E-state index in [1.165, 1.54) is 26.2 Å². The molecule has 0 spiro atoms. The predicted octanol–water partition coefficient (Wildman–Crippen LogP) is 4.78. The molecule has 1 fully saturated rings. The lowest BCUT2D eigenvalue weighted by molar-refractivity contribution is -0.139. The highest BCUT2D eigenvalue weighted by Crippen LogP contribution is 2.46. The summed E-state index contributed by atoms with van der Waals surface area (Å²) in [6.07, 6.45) is 0.637. The Balaban J connectivity index is 2.27. The van der Waals surface area contributed by atoms with Crippen molar-refractivity contribution in [1.82, 2.24) is 9.80 Å². The average molecular weight is 555 g/mol. The molecule has 1 aliphatic heterocycles. The molecule has 1 atom stereocenters. The highest BCUT2D eigenvalue weighted by Gasteiger charge is 2.46. The van der Waals surface area contributed by atoms with E-state index in [9.17, 15) is 14.7 Å². The topological polar surface area (TPSA) is 97.8 Å². The number of carbonyl (C=O) groups excluding carboxylic acids is 2. The van der Waals surface area contributed by atoms with Crippen LogP contribution < -0.4 is 18.9 Å². The van der Waals surface area contributed by atoms with Crippen molar-refractivity contribution in [3.8, 4) is 23.0 Å². The van der Waals surface area contributed by atoms with Crippen LogP contribution in [0.15, 0.2) is 35.9 Å². The van der Waals surface area contributed by atoms with Gasteiger partial charge in [-0.3, -0.25) is 9.59 Å². The van der Waals surface area contributed by atoms with Gasteiger partial charge in [-0.25, -0.2) is 0 Å². The molecule has 1 saturated heterocycles. The van der Waals surface area contributed by atoms with Crippen molar-refractivity contribution < 1.29 is 33.6 Å². The quantitative estimate of drug-likeness (QED) is 0.241. The van der Waals surface area contributed by atoms with E-state index in [1.54, 1.807) is 24.3 Å². The molecule has 40 heavy (non-hydrogen) atoms. The minimum atomic E-state index is -0.861. The normalized spacial score (nSPS) is 16.9. The summed E-state index contributed by atoms with van der Waals surface area (Å²) < 4.78 is 22.4. The van der Waals surface area contributed by atoms with Gasteiger partial charge in [-0.1, -0.05) is 20.8 Å². The standard InChI is InChI=1S/C31H42N2O7/c1-10-40-22-13-12-19(16-21(22)31(2,3)4)27(34)25-26(33(30(36)28(25)35)15-11-14-32(5)6)20-17-23(37-7)29(39-9)24(18-20)38-8/h12-13,16-18,26,34H,10-11,14-15H2,1-9H3/b27-25+. The van der Waals surface area contributed by atoms with Crippen molar-refractivity contribution in [2.24, 2.45) is 0 Å². The van der Waals surface area contributed by atoms with Gasteiger partial charge in [0.25, 0.3) is 11.7 Å². The molecule has 0 radical (unpaired) electrons. The predicted molar refractivity (Wildman–Crippen MR) is 155 cm³/mol. The fourth-order valence-corrected chi connectivity index (χ4v) is 4.97. The molecule has 0 bridgehead atoms. The van der Waals surface area contributed by atoms with Crippen LogP contribution in [-0.2, 0) is 15.0 Å². The van der Waals surface area contributed by atoms with E-state index >= 15 is 0 Å². The maximum Gasteiger partial charge on any atom is 0.295 e. The number of methoxy groups -OCH3 is 3. The number of rotatable bonds is 11. The summed E-state index contributed by atoms with van der Waals surface area (Å²) in [5.41, 5.74) is 1.57. The third-order valence-corrected chi connectivity index (χ3v) is 6.91. The molecule has 2 aromatic rings. The molecule has 0 aromatic heterocycles. The molecule has 1 aliphatic rings. The van der Waals surface area contributed by atoms with Crippen LogP contribution in [0.1, 0.15) is 56.8 Å². The van der Waals surface area contributed by atoms with Crippen molar-refractivity contribution >= 4 is 17.4 Å². The maximum atomic E-state index is 13.6. The number of hydrogen-bond acceptors (Lipinski definition) is 8. The van der Waals surface area contributed by atoms with E-state index < -0.39 is 17.7 Å². The molecule has 0 aliphatic carbocycles. The molecule has 1 unspecified atom stereocenters. The van der Waals surface area contributed by atoms with E-state index in [4.69, 9.17) is 18.9 Å². The lowest BCUT2D eigenvalue weighted by Crippen LogP contribution is -2.32. The minimum Gasteiger partial charge on any atom is -0.507 e. The van der Waals surface area contributed by atoms with E-state index in [0.717, 1.165) is 12.1 Å². The monoisotopic (exact) mass is 554 g/mol. The van der Waals surface area contributed by atoms with E-state index in [0.29, 0.717) is 53.7 Å². The zero-order chi connectivity index (χ0) is 29.8. The minimum absolute atomic E-state index is 0.00754. The summed E-state index contributed by atoms with van der Waals surface area (Å²) in [6, 6.07) is 7.89. The number of Topliss-reactive ketones (excluding diaryl/α,β-unsaturated/α-hetero) is 1. The number of hydrogen-bond donors (Lipinski definition) is 1. The van der Waals surface area contributed by atoms with Crippen LogP contribution in [0.25, 0.3) is 5.76 Å². The van der Waals surface area contributed by atoms with Crippen molar-refractivity contribution in [3.63, 3.8) is 0 Å². The van der Waals surface area contributed by atoms with Gasteiger partial charge >= 0.3 is 0 Å². The van der Waals surface area contributed by atoms with E-state index in [2.05, 4.69) is 0 Å². The second-order valence-electron chi connectivity index (χ2n) is 11.0. The fourth-order valence-electron chi connectivity index (χ4n) is 4.97. The molecule has 218 valence electrons. The number of amides is 1. The lowest BCUT2D eigenvalue weighted by atomic mass is 9.84. The van der Waals surface area contributed by atoms with Crippen LogP contribution in [0.5, 0.6) is 23.0 Å². The van der Waals surface area contributed by atoms with Gasteiger partial charge < -0.3 is 33.9 Å². The zero-order valence-corrected chi connectivity index (χ0v) is 25.1. The Kier molecular flexibility index (Phi) is 9.73. The Bertz CT molecular complexity index is 1250. The summed E-state index contributed by atoms with van der Waals surface area (Å²) in [4.78, 5) is 30.5. The molecule has 3 rings (SSSR count). The van der Waals surface area contributed by atoms with Gasteiger partial charge in [-0.05, 0) is 75.3 Å². The first-order valence-electron chi connectivity index (χ1n) is 13.4. The van der Waals surface area contributed by atoms with Gasteiger partial charge in [-0.15, -0.1) is 0 Å². The number of likely N-dealkylation sites (tertiary alicyclic amines) is 1. The Morgan fingerprint density at radius 2 is 1.60 bits per heavy atom. The number of ketones is 1. The molecule has 2 aromatic carbocycles. The SMILES string of the molecule is CCOc1ccc(/C(O)=C2\C(=O)C(=O)N(CCCN(C)C)C2c2cc(OC)c(OC)c(OC)c2)cc1C(C)(C)C. The second kappa shape index (κ2) is 12.6. The highest BCUT2D eigenvalue weighted by molar-refractivity contribution is 6.46.